The van der Waals surface area contributed by atoms with Crippen LogP contribution < -0.4 is 10.1 Å². The van der Waals surface area contributed by atoms with Crippen LogP contribution in [0.3, 0.4) is 0 Å². The summed E-state index contributed by atoms with van der Waals surface area (Å²) in [6.45, 7) is 1.85. The Labute approximate surface area is 176 Å². The first-order chi connectivity index (χ1) is 15.0. The molecule has 2 aromatic heterocycles. The third kappa shape index (κ3) is 4.37. The van der Waals surface area contributed by atoms with Gasteiger partial charge in [0.05, 0.1) is 11.1 Å². The average molecular weight is 416 g/mol. The molecule has 0 spiro atoms. The summed E-state index contributed by atoms with van der Waals surface area (Å²) in [7, 11) is 0. The number of aryl methyl sites for hydroxylation is 1. The highest BCUT2D eigenvalue weighted by molar-refractivity contribution is 6.05. The molecule has 0 aliphatic carbocycles. The maximum Gasteiger partial charge on any atom is 0.295 e. The Morgan fingerprint density at radius 1 is 1.16 bits per heavy atom. The van der Waals surface area contributed by atoms with Crippen molar-refractivity contribution in [2.45, 2.75) is 6.92 Å². The Balaban J connectivity index is 1.53. The van der Waals surface area contributed by atoms with E-state index < -0.39 is 10.8 Å². The zero-order chi connectivity index (χ0) is 21.8. The van der Waals surface area contributed by atoms with Gasteiger partial charge in [-0.15, -0.1) is 0 Å². The number of nitro benzene ring substituents is 1. The molecule has 154 valence electrons. The number of nitrogens with one attached hydrogen (secondary N) is 1. The Hall–Kier alpha value is -4.60. The molecule has 0 saturated heterocycles. The standard InChI is InChI=1S/C21H16N6O4/c1-14-9-16(5-7-20(14)31-17-3-2-8-22-11-17)25-21(28)15-4-6-18(19(10-15)27(29)30)26-13-23-12-24-26/h2-13H,1H3,(H,25,28). The first-order valence-corrected chi connectivity index (χ1v) is 9.14. The zero-order valence-corrected chi connectivity index (χ0v) is 16.3. The van der Waals surface area contributed by atoms with Crippen LogP contribution >= 0.6 is 0 Å². The van der Waals surface area contributed by atoms with Crippen molar-refractivity contribution in [1.82, 2.24) is 19.7 Å². The van der Waals surface area contributed by atoms with E-state index in [0.717, 1.165) is 5.56 Å². The number of nitro groups is 1. The number of aromatic nitrogens is 4. The molecule has 0 saturated carbocycles. The molecule has 0 atom stereocenters. The van der Waals surface area contributed by atoms with E-state index in [-0.39, 0.29) is 16.9 Å². The van der Waals surface area contributed by atoms with Crippen molar-refractivity contribution >= 4 is 17.3 Å². The number of pyridine rings is 1. The molecule has 2 heterocycles. The number of benzene rings is 2. The first kappa shape index (κ1) is 19.7. The molecule has 10 nitrogen and oxygen atoms in total. The summed E-state index contributed by atoms with van der Waals surface area (Å²) < 4.78 is 7.05. The van der Waals surface area contributed by atoms with Gasteiger partial charge in [-0.2, -0.15) is 5.10 Å². The van der Waals surface area contributed by atoms with E-state index in [1.807, 2.05) is 6.92 Å². The molecule has 0 bridgehead atoms. The van der Waals surface area contributed by atoms with Crippen molar-refractivity contribution in [1.29, 1.82) is 0 Å². The minimum atomic E-state index is -0.567. The second-order valence-corrected chi connectivity index (χ2v) is 6.53. The fraction of sp³-hybridized carbons (Fsp3) is 0.0476. The number of anilines is 1. The average Bonchev–Trinajstić information content (AvgIpc) is 3.31. The number of hydrogen-bond donors (Lipinski definition) is 1. The number of amides is 1. The number of hydrogen-bond acceptors (Lipinski definition) is 7. The lowest BCUT2D eigenvalue weighted by atomic mass is 10.1. The number of ether oxygens (including phenoxy) is 1. The topological polar surface area (TPSA) is 125 Å². The van der Waals surface area contributed by atoms with E-state index in [1.54, 1.807) is 42.7 Å². The highest BCUT2D eigenvalue weighted by Crippen LogP contribution is 2.28. The Morgan fingerprint density at radius 2 is 2.03 bits per heavy atom. The molecular formula is C21H16N6O4. The van der Waals surface area contributed by atoms with Crippen LogP contribution in [0.2, 0.25) is 0 Å². The molecule has 1 amide bonds. The van der Waals surface area contributed by atoms with E-state index >= 15 is 0 Å². The smallest absolute Gasteiger partial charge is 0.295 e. The van der Waals surface area contributed by atoms with Crippen LogP contribution in [0.4, 0.5) is 11.4 Å². The van der Waals surface area contributed by atoms with Gasteiger partial charge in [0.15, 0.2) is 0 Å². The van der Waals surface area contributed by atoms with E-state index in [4.69, 9.17) is 4.74 Å². The van der Waals surface area contributed by atoms with Crippen LogP contribution in [0.25, 0.3) is 5.69 Å². The van der Waals surface area contributed by atoms with E-state index in [0.29, 0.717) is 17.2 Å². The van der Waals surface area contributed by atoms with Crippen LogP contribution in [-0.2, 0) is 0 Å². The number of nitrogens with zero attached hydrogens (tertiary/aromatic N) is 5. The summed E-state index contributed by atoms with van der Waals surface area (Å²) in [5, 5.41) is 18.1. The van der Waals surface area contributed by atoms with Gasteiger partial charge in [0.2, 0.25) is 0 Å². The molecule has 10 heteroatoms. The van der Waals surface area contributed by atoms with Crippen LogP contribution in [0.5, 0.6) is 11.5 Å². The monoisotopic (exact) mass is 416 g/mol. The maximum atomic E-state index is 12.7. The third-order valence-electron chi connectivity index (χ3n) is 4.39. The van der Waals surface area contributed by atoms with Gasteiger partial charge in [-0.3, -0.25) is 19.9 Å². The van der Waals surface area contributed by atoms with Crippen molar-refractivity contribution in [3.8, 4) is 17.2 Å². The molecule has 2 aromatic carbocycles. The lowest BCUT2D eigenvalue weighted by Gasteiger charge is -2.11. The van der Waals surface area contributed by atoms with Crippen molar-refractivity contribution < 1.29 is 14.5 Å². The van der Waals surface area contributed by atoms with Gasteiger partial charge >= 0.3 is 0 Å². The minimum absolute atomic E-state index is 0.143. The molecule has 1 N–H and O–H groups in total. The summed E-state index contributed by atoms with van der Waals surface area (Å²) in [6.07, 6.45) is 5.88. The lowest BCUT2D eigenvalue weighted by molar-refractivity contribution is -0.384. The van der Waals surface area contributed by atoms with Crippen LogP contribution in [-0.4, -0.2) is 30.6 Å². The van der Waals surface area contributed by atoms with Crippen LogP contribution in [0, 0.1) is 17.0 Å². The molecular weight excluding hydrogens is 400 g/mol. The number of carbonyl (C=O) groups is 1. The normalized spacial score (nSPS) is 10.5. The quantitative estimate of drug-likeness (QED) is 0.373. The van der Waals surface area contributed by atoms with Gasteiger partial charge in [-0.1, -0.05) is 0 Å². The molecule has 0 unspecified atom stereocenters. The maximum absolute atomic E-state index is 12.7. The molecule has 4 rings (SSSR count). The highest BCUT2D eigenvalue weighted by atomic mass is 16.6. The molecule has 4 aromatic rings. The zero-order valence-electron chi connectivity index (χ0n) is 16.3. The van der Waals surface area contributed by atoms with Crippen molar-refractivity contribution in [3.63, 3.8) is 0 Å². The van der Waals surface area contributed by atoms with E-state index in [1.165, 1.54) is 35.5 Å². The fourth-order valence-corrected chi connectivity index (χ4v) is 2.92. The van der Waals surface area contributed by atoms with Crippen molar-refractivity contribution in [2.75, 3.05) is 5.32 Å². The Kier molecular flexibility index (Phi) is 5.35. The van der Waals surface area contributed by atoms with Gasteiger partial charge in [-0.25, -0.2) is 9.67 Å². The van der Waals surface area contributed by atoms with Gasteiger partial charge in [0.25, 0.3) is 11.6 Å². The second kappa shape index (κ2) is 8.41. The lowest BCUT2D eigenvalue weighted by Crippen LogP contribution is -2.13. The van der Waals surface area contributed by atoms with Gasteiger partial charge in [0.1, 0.15) is 29.8 Å². The summed E-state index contributed by atoms with van der Waals surface area (Å²) in [5.41, 5.74) is 1.43. The summed E-state index contributed by atoms with van der Waals surface area (Å²) in [5.74, 6) is 0.745. The number of rotatable bonds is 6. The van der Waals surface area contributed by atoms with Gasteiger partial charge in [0, 0.05) is 23.5 Å². The summed E-state index contributed by atoms with van der Waals surface area (Å²) >= 11 is 0. The Bertz CT molecular complexity index is 1240. The third-order valence-corrected chi connectivity index (χ3v) is 4.39. The van der Waals surface area contributed by atoms with E-state index in [2.05, 4.69) is 20.4 Å². The van der Waals surface area contributed by atoms with Crippen molar-refractivity contribution in [2.24, 2.45) is 0 Å². The summed E-state index contributed by atoms with van der Waals surface area (Å²) in [6, 6.07) is 12.9. The first-order valence-electron chi connectivity index (χ1n) is 9.14. The minimum Gasteiger partial charge on any atom is -0.455 e. The van der Waals surface area contributed by atoms with Crippen LogP contribution in [0.15, 0.2) is 73.6 Å². The molecule has 0 fully saturated rings. The second-order valence-electron chi connectivity index (χ2n) is 6.53. The van der Waals surface area contributed by atoms with Crippen molar-refractivity contribution in [3.05, 3.63) is 94.8 Å². The van der Waals surface area contributed by atoms with E-state index in [9.17, 15) is 14.9 Å². The SMILES string of the molecule is Cc1cc(NC(=O)c2ccc(-n3cncn3)c([N+](=O)[O-])c2)ccc1Oc1cccnc1. The summed E-state index contributed by atoms with van der Waals surface area (Å²) in [4.78, 5) is 31.4. The Morgan fingerprint density at radius 3 is 2.71 bits per heavy atom. The predicted octanol–water partition coefficient (Wildman–Crippen LogP) is 3.92. The van der Waals surface area contributed by atoms with Gasteiger partial charge in [-0.05, 0) is 55.0 Å². The van der Waals surface area contributed by atoms with Gasteiger partial charge < -0.3 is 10.1 Å². The highest BCUT2D eigenvalue weighted by Gasteiger charge is 2.19. The van der Waals surface area contributed by atoms with Crippen LogP contribution in [0.1, 0.15) is 15.9 Å². The largest absolute Gasteiger partial charge is 0.455 e. The molecule has 31 heavy (non-hydrogen) atoms. The molecule has 0 aliphatic heterocycles. The number of carbonyl (C=O) groups excluding carboxylic acids is 1. The fourth-order valence-electron chi connectivity index (χ4n) is 2.92. The predicted molar refractivity (Wildman–Crippen MR) is 111 cm³/mol. The molecule has 0 aliphatic rings. The molecule has 0 radical (unpaired) electrons.